The molecule has 1 heterocycles. The van der Waals surface area contributed by atoms with Crippen LogP contribution in [0, 0.1) is 6.92 Å². The number of hydrogen-bond acceptors (Lipinski definition) is 4. The second-order valence-corrected chi connectivity index (χ2v) is 3.69. The molecule has 1 aromatic carbocycles. The molecule has 0 bridgehead atoms. The zero-order valence-electron chi connectivity index (χ0n) is 9.09. The van der Waals surface area contributed by atoms with Gasteiger partial charge in [0.25, 0.3) is 0 Å². The minimum Gasteiger partial charge on any atom is -0.271 e. The Kier molecular flexibility index (Phi) is 3.24. The number of aryl methyl sites for hydroxylation is 1. The van der Waals surface area contributed by atoms with E-state index < -0.39 is 0 Å². The summed E-state index contributed by atoms with van der Waals surface area (Å²) in [5.41, 5.74) is 6.13. The Bertz CT molecular complexity index is 438. The molecule has 4 nitrogen and oxygen atoms in total. The second kappa shape index (κ2) is 4.83. The van der Waals surface area contributed by atoms with Crippen molar-refractivity contribution < 1.29 is 0 Å². The van der Waals surface area contributed by atoms with Crippen LogP contribution < -0.4 is 11.3 Å². The summed E-state index contributed by atoms with van der Waals surface area (Å²) in [6, 6.07) is 10.1. The Labute approximate surface area is 94.5 Å². The highest BCUT2D eigenvalue weighted by Crippen LogP contribution is 2.20. The minimum atomic E-state index is -0.0453. The number of nitrogens with two attached hydrogens (primary N) is 1. The van der Waals surface area contributed by atoms with Crippen LogP contribution in [0.15, 0.2) is 42.7 Å². The fraction of sp³-hybridized carbons (Fsp3) is 0.167. The average Bonchev–Trinajstić information content (AvgIpc) is 2.34. The maximum absolute atomic E-state index is 5.58. The van der Waals surface area contributed by atoms with Gasteiger partial charge in [-0.3, -0.25) is 5.84 Å². The standard InChI is InChI=1S/C12H14N4/c1-9-2-4-10(5-3-9)12(16-13)11-6-7-14-15-8-11/h2-8,12,16H,13H2,1H3. The second-order valence-electron chi connectivity index (χ2n) is 3.69. The van der Waals surface area contributed by atoms with Gasteiger partial charge in [-0.05, 0) is 24.1 Å². The Hall–Kier alpha value is -1.78. The van der Waals surface area contributed by atoms with Gasteiger partial charge >= 0.3 is 0 Å². The van der Waals surface area contributed by atoms with E-state index in [1.807, 2.05) is 6.07 Å². The van der Waals surface area contributed by atoms with Crippen LogP contribution in [0.3, 0.4) is 0 Å². The monoisotopic (exact) mass is 214 g/mol. The fourth-order valence-corrected chi connectivity index (χ4v) is 1.62. The number of nitrogens with zero attached hydrogens (tertiary/aromatic N) is 2. The molecule has 16 heavy (non-hydrogen) atoms. The summed E-state index contributed by atoms with van der Waals surface area (Å²) in [4.78, 5) is 0. The molecule has 0 spiro atoms. The van der Waals surface area contributed by atoms with Crippen molar-refractivity contribution in [3.05, 3.63) is 59.4 Å². The highest BCUT2D eigenvalue weighted by atomic mass is 15.2. The highest BCUT2D eigenvalue weighted by Gasteiger charge is 2.11. The summed E-state index contributed by atoms with van der Waals surface area (Å²) in [7, 11) is 0. The molecular formula is C12H14N4. The Balaban J connectivity index is 2.33. The molecule has 0 radical (unpaired) electrons. The van der Waals surface area contributed by atoms with Crippen LogP contribution in [0.1, 0.15) is 22.7 Å². The van der Waals surface area contributed by atoms with Crippen molar-refractivity contribution in [2.75, 3.05) is 0 Å². The largest absolute Gasteiger partial charge is 0.271 e. The minimum absolute atomic E-state index is 0.0453. The molecule has 1 aromatic heterocycles. The summed E-state index contributed by atoms with van der Waals surface area (Å²) in [5.74, 6) is 5.58. The maximum atomic E-state index is 5.58. The number of hydrazine groups is 1. The highest BCUT2D eigenvalue weighted by molar-refractivity contribution is 5.31. The zero-order chi connectivity index (χ0) is 11.4. The van der Waals surface area contributed by atoms with E-state index in [-0.39, 0.29) is 6.04 Å². The molecule has 2 rings (SSSR count). The normalized spacial score (nSPS) is 12.4. The van der Waals surface area contributed by atoms with Gasteiger partial charge in [0.1, 0.15) is 0 Å². The molecule has 0 aliphatic carbocycles. The van der Waals surface area contributed by atoms with Gasteiger partial charge in [-0.25, -0.2) is 5.43 Å². The number of hydrogen-bond donors (Lipinski definition) is 2. The van der Waals surface area contributed by atoms with Crippen LogP contribution in [0.2, 0.25) is 0 Å². The molecule has 0 aliphatic heterocycles. The van der Waals surface area contributed by atoms with Crippen molar-refractivity contribution >= 4 is 0 Å². The van der Waals surface area contributed by atoms with Crippen molar-refractivity contribution in [3.63, 3.8) is 0 Å². The molecule has 0 amide bonds. The van der Waals surface area contributed by atoms with Crippen LogP contribution in [-0.4, -0.2) is 10.2 Å². The van der Waals surface area contributed by atoms with Crippen LogP contribution in [0.4, 0.5) is 0 Å². The third-order valence-electron chi connectivity index (χ3n) is 2.52. The van der Waals surface area contributed by atoms with E-state index in [9.17, 15) is 0 Å². The average molecular weight is 214 g/mol. The summed E-state index contributed by atoms with van der Waals surface area (Å²) in [6.45, 7) is 2.06. The molecular weight excluding hydrogens is 200 g/mol. The third-order valence-corrected chi connectivity index (χ3v) is 2.52. The zero-order valence-corrected chi connectivity index (χ0v) is 9.09. The van der Waals surface area contributed by atoms with E-state index in [1.54, 1.807) is 12.4 Å². The maximum Gasteiger partial charge on any atom is 0.0726 e. The topological polar surface area (TPSA) is 63.8 Å². The van der Waals surface area contributed by atoms with E-state index in [0.29, 0.717) is 0 Å². The van der Waals surface area contributed by atoms with Gasteiger partial charge in [-0.1, -0.05) is 29.8 Å². The lowest BCUT2D eigenvalue weighted by molar-refractivity contribution is 0.632. The van der Waals surface area contributed by atoms with Crippen molar-refractivity contribution in [3.8, 4) is 0 Å². The first kappa shape index (κ1) is 10.7. The van der Waals surface area contributed by atoms with Crippen LogP contribution in [0.25, 0.3) is 0 Å². The molecule has 0 saturated carbocycles. The fourth-order valence-electron chi connectivity index (χ4n) is 1.62. The first-order valence-electron chi connectivity index (χ1n) is 5.10. The van der Waals surface area contributed by atoms with Gasteiger partial charge in [-0.15, -0.1) is 0 Å². The lowest BCUT2D eigenvalue weighted by atomic mass is 10.0. The number of rotatable bonds is 3. The molecule has 0 aliphatic rings. The van der Waals surface area contributed by atoms with Crippen LogP contribution >= 0.6 is 0 Å². The van der Waals surface area contributed by atoms with Crippen molar-refractivity contribution in [1.29, 1.82) is 0 Å². The Morgan fingerprint density at radius 1 is 1.06 bits per heavy atom. The third kappa shape index (κ3) is 2.24. The lowest BCUT2D eigenvalue weighted by Gasteiger charge is -2.16. The van der Waals surface area contributed by atoms with E-state index >= 15 is 0 Å². The van der Waals surface area contributed by atoms with Gasteiger partial charge in [-0.2, -0.15) is 10.2 Å². The number of nitrogens with one attached hydrogen (secondary N) is 1. The molecule has 1 atom stereocenters. The predicted molar refractivity (Wildman–Crippen MR) is 62.4 cm³/mol. The smallest absolute Gasteiger partial charge is 0.0726 e. The summed E-state index contributed by atoms with van der Waals surface area (Å²) in [6.07, 6.45) is 3.37. The van der Waals surface area contributed by atoms with E-state index in [2.05, 4.69) is 46.8 Å². The van der Waals surface area contributed by atoms with Crippen molar-refractivity contribution in [2.45, 2.75) is 13.0 Å². The SMILES string of the molecule is Cc1ccc(C(NN)c2ccnnc2)cc1. The molecule has 2 aromatic rings. The first-order valence-corrected chi connectivity index (χ1v) is 5.10. The quantitative estimate of drug-likeness (QED) is 0.597. The van der Waals surface area contributed by atoms with E-state index in [1.165, 1.54) is 5.56 Å². The van der Waals surface area contributed by atoms with Crippen molar-refractivity contribution in [1.82, 2.24) is 15.6 Å². The van der Waals surface area contributed by atoms with Gasteiger partial charge < -0.3 is 0 Å². The van der Waals surface area contributed by atoms with Gasteiger partial charge in [0, 0.05) is 6.20 Å². The van der Waals surface area contributed by atoms with Gasteiger partial charge in [0.05, 0.1) is 12.2 Å². The van der Waals surface area contributed by atoms with Gasteiger partial charge in [0.2, 0.25) is 0 Å². The van der Waals surface area contributed by atoms with Crippen LogP contribution in [-0.2, 0) is 0 Å². The first-order chi connectivity index (χ1) is 7.81. The molecule has 82 valence electrons. The molecule has 1 unspecified atom stereocenters. The Morgan fingerprint density at radius 3 is 2.38 bits per heavy atom. The molecule has 3 N–H and O–H groups in total. The summed E-state index contributed by atoms with van der Waals surface area (Å²) in [5, 5.41) is 7.60. The predicted octanol–water partition coefficient (Wildman–Crippen LogP) is 1.34. The Morgan fingerprint density at radius 2 is 1.81 bits per heavy atom. The van der Waals surface area contributed by atoms with E-state index in [0.717, 1.165) is 11.1 Å². The lowest BCUT2D eigenvalue weighted by Crippen LogP contribution is -2.28. The van der Waals surface area contributed by atoms with Crippen molar-refractivity contribution in [2.24, 2.45) is 5.84 Å². The van der Waals surface area contributed by atoms with Gasteiger partial charge in [0.15, 0.2) is 0 Å². The van der Waals surface area contributed by atoms with Crippen LogP contribution in [0.5, 0.6) is 0 Å². The summed E-state index contributed by atoms with van der Waals surface area (Å²) >= 11 is 0. The molecule has 0 saturated heterocycles. The number of aromatic nitrogens is 2. The summed E-state index contributed by atoms with van der Waals surface area (Å²) < 4.78 is 0. The number of benzene rings is 1. The molecule has 0 fully saturated rings. The van der Waals surface area contributed by atoms with E-state index in [4.69, 9.17) is 5.84 Å². The molecule has 4 heteroatoms.